The van der Waals surface area contributed by atoms with Crippen LogP contribution in [0.15, 0.2) is 140 Å². The van der Waals surface area contributed by atoms with Crippen LogP contribution in [0.2, 0.25) is 0 Å². The van der Waals surface area contributed by atoms with Gasteiger partial charge in [0.2, 0.25) is 0 Å². The molecule has 0 radical (unpaired) electrons. The molecule has 7 rings (SSSR count). The van der Waals surface area contributed by atoms with Crippen LogP contribution in [0.25, 0.3) is 43.7 Å². The molecule has 0 saturated carbocycles. The third-order valence-corrected chi connectivity index (χ3v) is 8.53. The first-order chi connectivity index (χ1) is 21.7. The molecule has 0 amide bonds. The van der Waals surface area contributed by atoms with E-state index in [1.54, 1.807) is 18.2 Å². The fourth-order valence-electron chi connectivity index (χ4n) is 5.61. The van der Waals surface area contributed by atoms with Gasteiger partial charge < -0.3 is 9.08 Å². The van der Waals surface area contributed by atoms with Crippen molar-refractivity contribution in [3.8, 4) is 17.0 Å². The van der Waals surface area contributed by atoms with E-state index in [0.717, 1.165) is 22.4 Å². The highest BCUT2D eigenvalue weighted by atomic mass is 32.2. The van der Waals surface area contributed by atoms with Crippen LogP contribution in [0.5, 0.6) is 5.75 Å². The van der Waals surface area contributed by atoms with Gasteiger partial charge in [0, 0.05) is 33.4 Å². The third kappa shape index (κ3) is 5.11. The highest BCUT2D eigenvalue weighted by Gasteiger charge is 2.49. The number of rotatable bonds is 6. The number of nitrogens with zero attached hydrogens (tertiary/aromatic N) is 2. The molecule has 9 heteroatoms. The normalized spacial score (nSPS) is 12.1. The molecule has 0 saturated heterocycles. The number of pyridine rings is 1. The molecule has 222 valence electrons. The molecule has 1 heterocycles. The van der Waals surface area contributed by atoms with E-state index in [9.17, 15) is 21.6 Å². The van der Waals surface area contributed by atoms with Crippen molar-refractivity contribution in [2.24, 2.45) is 0 Å². The number of alkyl halides is 3. The first kappa shape index (κ1) is 28.4. The van der Waals surface area contributed by atoms with Crippen molar-refractivity contribution >= 4 is 59.6 Å². The number of hydrogen-bond donors (Lipinski definition) is 0. The van der Waals surface area contributed by atoms with E-state index in [0.29, 0.717) is 32.9 Å². The Morgan fingerprint density at radius 2 is 1.13 bits per heavy atom. The molecule has 0 spiro atoms. The van der Waals surface area contributed by atoms with E-state index in [-0.39, 0.29) is 5.39 Å². The van der Waals surface area contributed by atoms with Crippen LogP contribution in [0.4, 0.5) is 30.2 Å². The quantitative estimate of drug-likeness (QED) is 0.105. The van der Waals surface area contributed by atoms with Crippen LogP contribution < -0.4 is 9.08 Å². The SMILES string of the molecule is O=S(=O)(Oc1cc2ccccc2c2c1c(-c1ccc(N(c3ccccc3)c3ccccc3)cc1)nc1ccccc12)C(F)(F)F. The average Bonchev–Trinajstić information content (AvgIpc) is 3.05. The van der Waals surface area contributed by atoms with Gasteiger partial charge in [-0.15, -0.1) is 0 Å². The summed E-state index contributed by atoms with van der Waals surface area (Å²) in [7, 11) is -5.98. The van der Waals surface area contributed by atoms with Gasteiger partial charge in [-0.1, -0.05) is 91.0 Å². The van der Waals surface area contributed by atoms with Gasteiger partial charge >= 0.3 is 15.6 Å². The zero-order valence-corrected chi connectivity index (χ0v) is 24.3. The number of halogens is 3. The van der Waals surface area contributed by atoms with Crippen molar-refractivity contribution < 1.29 is 25.8 Å². The van der Waals surface area contributed by atoms with Gasteiger partial charge in [0.05, 0.1) is 16.6 Å². The summed E-state index contributed by atoms with van der Waals surface area (Å²) < 4.78 is 70.3. The molecule has 0 aliphatic rings. The summed E-state index contributed by atoms with van der Waals surface area (Å²) in [6, 6.07) is 42.7. The van der Waals surface area contributed by atoms with Gasteiger partial charge in [-0.25, -0.2) is 4.98 Å². The van der Waals surface area contributed by atoms with Crippen LogP contribution in [-0.4, -0.2) is 18.9 Å². The van der Waals surface area contributed by atoms with Crippen molar-refractivity contribution in [3.05, 3.63) is 140 Å². The van der Waals surface area contributed by atoms with Crippen LogP contribution in [-0.2, 0) is 10.1 Å². The zero-order valence-electron chi connectivity index (χ0n) is 23.4. The average molecular weight is 621 g/mol. The molecule has 0 atom stereocenters. The summed E-state index contributed by atoms with van der Waals surface area (Å²) in [6.45, 7) is 0. The Morgan fingerprint density at radius 1 is 0.600 bits per heavy atom. The van der Waals surface area contributed by atoms with E-state index in [1.807, 2.05) is 115 Å². The Morgan fingerprint density at radius 3 is 1.76 bits per heavy atom. The molecule has 0 N–H and O–H groups in total. The van der Waals surface area contributed by atoms with Crippen molar-refractivity contribution in [3.63, 3.8) is 0 Å². The smallest absolute Gasteiger partial charge is 0.375 e. The molecule has 7 aromatic rings. The lowest BCUT2D eigenvalue weighted by atomic mass is 9.94. The number of fused-ring (bicyclic) bond motifs is 5. The first-order valence-electron chi connectivity index (χ1n) is 14.0. The molecule has 0 aliphatic heterocycles. The lowest BCUT2D eigenvalue weighted by Gasteiger charge is -2.25. The monoisotopic (exact) mass is 620 g/mol. The van der Waals surface area contributed by atoms with Crippen molar-refractivity contribution in [1.29, 1.82) is 0 Å². The molecular weight excluding hydrogens is 597 g/mol. The summed E-state index contributed by atoms with van der Waals surface area (Å²) >= 11 is 0. The fraction of sp³-hybridized carbons (Fsp3) is 0.0278. The van der Waals surface area contributed by atoms with E-state index in [2.05, 4.69) is 4.90 Å². The number of para-hydroxylation sites is 3. The Labute approximate surface area is 256 Å². The number of aromatic nitrogens is 1. The van der Waals surface area contributed by atoms with E-state index >= 15 is 0 Å². The predicted molar refractivity (Wildman–Crippen MR) is 172 cm³/mol. The number of benzene rings is 6. The molecule has 5 nitrogen and oxygen atoms in total. The molecule has 0 unspecified atom stereocenters. The summed E-state index contributed by atoms with van der Waals surface area (Å²) in [5.74, 6) is -0.450. The summed E-state index contributed by atoms with van der Waals surface area (Å²) in [4.78, 5) is 6.93. The first-order valence-corrected chi connectivity index (χ1v) is 15.4. The van der Waals surface area contributed by atoms with Crippen molar-refractivity contribution in [1.82, 2.24) is 4.98 Å². The second kappa shape index (κ2) is 10.9. The lowest BCUT2D eigenvalue weighted by Crippen LogP contribution is -2.28. The molecule has 1 aromatic heterocycles. The maximum Gasteiger partial charge on any atom is 0.534 e. The molecular formula is C36H23F3N2O3S. The van der Waals surface area contributed by atoms with Gasteiger partial charge in [-0.05, 0) is 59.3 Å². The predicted octanol–water partition coefficient (Wildman–Crippen LogP) is 9.91. The lowest BCUT2D eigenvalue weighted by molar-refractivity contribution is -0.0499. The van der Waals surface area contributed by atoms with E-state index in [1.165, 1.54) is 6.07 Å². The molecule has 6 aromatic carbocycles. The summed E-state index contributed by atoms with van der Waals surface area (Å²) in [5.41, 5.74) is -1.45. The highest BCUT2D eigenvalue weighted by Crippen LogP contribution is 2.44. The minimum absolute atomic E-state index is 0.163. The van der Waals surface area contributed by atoms with Crippen LogP contribution in [0, 0.1) is 0 Å². The number of anilines is 3. The Kier molecular flexibility index (Phi) is 6.90. The minimum Gasteiger partial charge on any atom is -0.375 e. The molecule has 0 fully saturated rings. The molecule has 45 heavy (non-hydrogen) atoms. The zero-order chi connectivity index (χ0) is 31.2. The van der Waals surface area contributed by atoms with E-state index < -0.39 is 21.4 Å². The van der Waals surface area contributed by atoms with Crippen LogP contribution >= 0.6 is 0 Å². The van der Waals surface area contributed by atoms with Crippen LogP contribution in [0.3, 0.4) is 0 Å². The topological polar surface area (TPSA) is 59.5 Å². The molecule has 0 aliphatic carbocycles. The van der Waals surface area contributed by atoms with Gasteiger partial charge in [-0.3, -0.25) is 0 Å². The highest BCUT2D eigenvalue weighted by molar-refractivity contribution is 7.88. The maximum absolute atomic E-state index is 13.6. The molecule has 0 bridgehead atoms. The van der Waals surface area contributed by atoms with Gasteiger partial charge in [-0.2, -0.15) is 21.6 Å². The second-order valence-corrected chi connectivity index (χ2v) is 11.9. The van der Waals surface area contributed by atoms with Crippen molar-refractivity contribution in [2.45, 2.75) is 5.51 Å². The van der Waals surface area contributed by atoms with Gasteiger partial charge in [0.1, 0.15) is 0 Å². The van der Waals surface area contributed by atoms with Gasteiger partial charge in [0.15, 0.2) is 5.75 Å². The standard InChI is InChI=1S/C36H23F3N2O3S/c37-36(38,39)45(42,43)44-32-23-25-11-7-8-16-29(25)33-30-17-9-10-18-31(30)40-35(34(32)33)24-19-21-28(22-20-24)41(26-12-3-1-4-13-26)27-14-5-2-6-15-27/h1-23H. The minimum atomic E-state index is -5.98. The Balaban J connectivity index is 1.49. The van der Waals surface area contributed by atoms with Crippen molar-refractivity contribution in [2.75, 3.05) is 4.90 Å². The summed E-state index contributed by atoms with van der Waals surface area (Å²) in [6.07, 6.45) is 0. The van der Waals surface area contributed by atoms with Gasteiger partial charge in [0.25, 0.3) is 0 Å². The third-order valence-electron chi connectivity index (χ3n) is 7.57. The maximum atomic E-state index is 13.6. The Hall–Kier alpha value is -5.41. The largest absolute Gasteiger partial charge is 0.534 e. The summed E-state index contributed by atoms with van der Waals surface area (Å²) in [5, 5.41) is 2.60. The Bertz CT molecular complexity index is 2240. The van der Waals surface area contributed by atoms with Crippen LogP contribution in [0.1, 0.15) is 0 Å². The fourth-order valence-corrected chi connectivity index (χ4v) is 6.07. The van der Waals surface area contributed by atoms with E-state index in [4.69, 9.17) is 9.17 Å². The number of hydrogen-bond acceptors (Lipinski definition) is 5. The second-order valence-electron chi connectivity index (χ2n) is 10.4.